The summed E-state index contributed by atoms with van der Waals surface area (Å²) >= 11 is 0. The molecule has 0 heterocycles. The molecule has 0 bridgehead atoms. The highest BCUT2D eigenvalue weighted by Gasteiger charge is 2.30. The highest BCUT2D eigenvalue weighted by molar-refractivity contribution is 5.77. The first-order valence-corrected chi connectivity index (χ1v) is 7.41. The quantitative estimate of drug-likeness (QED) is 0.473. The van der Waals surface area contributed by atoms with E-state index in [0.29, 0.717) is 16.7 Å². The van der Waals surface area contributed by atoms with E-state index in [1.807, 2.05) is 13.0 Å². The molecule has 0 saturated carbocycles. The molecular weight excluding hydrogens is 310 g/mol. The molecule has 0 spiro atoms. The first-order valence-electron chi connectivity index (χ1n) is 7.41. The molecule has 6 nitrogen and oxygen atoms in total. The second kappa shape index (κ2) is 7.12. The smallest absolute Gasteiger partial charge is 0.351 e. The first kappa shape index (κ1) is 17.5. The number of carbonyl (C=O) groups is 1. The van der Waals surface area contributed by atoms with E-state index < -0.39 is 17.0 Å². The molecule has 1 unspecified atom stereocenters. The van der Waals surface area contributed by atoms with E-state index in [-0.39, 0.29) is 11.4 Å². The monoisotopic (exact) mass is 329 g/mol. The van der Waals surface area contributed by atoms with Crippen molar-refractivity contribution in [2.24, 2.45) is 0 Å². The van der Waals surface area contributed by atoms with Crippen molar-refractivity contribution >= 4 is 11.7 Å². The minimum absolute atomic E-state index is 0.0942. The van der Waals surface area contributed by atoms with Crippen molar-refractivity contribution in [3.05, 3.63) is 68.8 Å². The van der Waals surface area contributed by atoms with Gasteiger partial charge in [0.2, 0.25) is 11.9 Å². The predicted molar refractivity (Wildman–Crippen MR) is 89.1 cm³/mol. The largest absolute Gasteiger partial charge is 0.466 e. The number of aryl methyl sites for hydroxylation is 2. The van der Waals surface area contributed by atoms with Crippen molar-refractivity contribution in [2.45, 2.75) is 26.9 Å². The average Bonchev–Trinajstić information content (AvgIpc) is 2.56. The van der Waals surface area contributed by atoms with Gasteiger partial charge in [-0.3, -0.25) is 10.1 Å². The summed E-state index contributed by atoms with van der Waals surface area (Å²) in [5.74, 6) is -0.522. The number of ether oxygens (including phenoxy) is 2. The van der Waals surface area contributed by atoms with Crippen LogP contribution in [-0.4, -0.2) is 18.0 Å². The number of carbonyl (C=O) groups excluding carboxylic acids is 1. The van der Waals surface area contributed by atoms with Crippen LogP contribution in [0, 0.1) is 30.9 Å². The molecule has 0 aromatic heterocycles. The molecule has 2 aromatic rings. The summed E-state index contributed by atoms with van der Waals surface area (Å²) in [5.41, 5.74) is 2.39. The van der Waals surface area contributed by atoms with E-state index in [9.17, 15) is 14.9 Å². The third-order valence-electron chi connectivity index (χ3n) is 3.89. The Morgan fingerprint density at radius 2 is 1.75 bits per heavy atom. The van der Waals surface area contributed by atoms with Crippen molar-refractivity contribution < 1.29 is 19.2 Å². The number of nitro benzene ring substituents is 1. The topological polar surface area (TPSA) is 78.7 Å². The summed E-state index contributed by atoms with van der Waals surface area (Å²) in [6.07, 6.45) is -1.07. The zero-order valence-electron chi connectivity index (χ0n) is 14.0. The zero-order chi connectivity index (χ0) is 17.9. The molecule has 0 aliphatic heterocycles. The Bertz CT molecular complexity index is 771. The molecule has 0 fully saturated rings. The molecule has 0 N–H and O–H groups in total. The van der Waals surface area contributed by atoms with Crippen LogP contribution in [0.3, 0.4) is 0 Å². The molecule has 0 aliphatic rings. The van der Waals surface area contributed by atoms with Crippen molar-refractivity contribution in [1.82, 2.24) is 0 Å². The third-order valence-corrected chi connectivity index (χ3v) is 3.89. The van der Waals surface area contributed by atoms with Gasteiger partial charge in [0, 0.05) is 16.7 Å². The average molecular weight is 329 g/mol. The molecule has 0 saturated heterocycles. The summed E-state index contributed by atoms with van der Waals surface area (Å²) in [7, 11) is 1.25. The van der Waals surface area contributed by atoms with E-state index in [0.717, 1.165) is 5.56 Å². The second-order valence-corrected chi connectivity index (χ2v) is 5.50. The van der Waals surface area contributed by atoms with Gasteiger partial charge in [-0.15, -0.1) is 0 Å². The summed E-state index contributed by atoms with van der Waals surface area (Å²) in [6.45, 7) is 5.22. The van der Waals surface area contributed by atoms with E-state index >= 15 is 0 Å². The second-order valence-electron chi connectivity index (χ2n) is 5.50. The van der Waals surface area contributed by atoms with Crippen LogP contribution >= 0.6 is 0 Å². The van der Waals surface area contributed by atoms with Gasteiger partial charge in [-0.25, -0.2) is 4.79 Å². The number of methoxy groups -OCH3 is 1. The normalized spacial score (nSPS) is 11.7. The lowest BCUT2D eigenvalue weighted by atomic mass is 10.0. The van der Waals surface area contributed by atoms with E-state index in [2.05, 4.69) is 0 Å². The van der Waals surface area contributed by atoms with Gasteiger partial charge in [-0.1, -0.05) is 30.3 Å². The van der Waals surface area contributed by atoms with Gasteiger partial charge in [0.25, 0.3) is 0 Å². The molecule has 126 valence electrons. The Morgan fingerprint density at radius 1 is 1.12 bits per heavy atom. The third kappa shape index (κ3) is 3.37. The van der Waals surface area contributed by atoms with Crippen LogP contribution in [0.4, 0.5) is 5.69 Å². The van der Waals surface area contributed by atoms with Gasteiger partial charge in [-0.05, 0) is 32.4 Å². The number of hydrogen-bond donors (Lipinski definition) is 0. The highest BCUT2D eigenvalue weighted by Crippen LogP contribution is 2.39. The fourth-order valence-corrected chi connectivity index (χ4v) is 2.51. The number of esters is 1. The van der Waals surface area contributed by atoms with Crippen molar-refractivity contribution in [3.63, 3.8) is 0 Å². The van der Waals surface area contributed by atoms with Crippen molar-refractivity contribution in [2.75, 3.05) is 7.11 Å². The fourth-order valence-electron chi connectivity index (χ4n) is 2.51. The van der Waals surface area contributed by atoms with Crippen LogP contribution in [0.1, 0.15) is 28.4 Å². The van der Waals surface area contributed by atoms with E-state index in [1.54, 1.807) is 44.2 Å². The highest BCUT2D eigenvalue weighted by atomic mass is 16.6. The molecule has 1 atom stereocenters. The van der Waals surface area contributed by atoms with Crippen LogP contribution in [-0.2, 0) is 9.53 Å². The van der Waals surface area contributed by atoms with Crippen LogP contribution in [0.2, 0.25) is 0 Å². The minimum atomic E-state index is -1.07. The number of rotatable bonds is 5. The molecule has 24 heavy (non-hydrogen) atoms. The number of nitro groups is 1. The van der Waals surface area contributed by atoms with Gasteiger partial charge in [0.15, 0.2) is 0 Å². The minimum Gasteiger partial charge on any atom is -0.466 e. The maximum Gasteiger partial charge on any atom is 0.351 e. The van der Waals surface area contributed by atoms with E-state index in [4.69, 9.17) is 9.47 Å². The number of benzene rings is 2. The lowest BCUT2D eigenvalue weighted by molar-refractivity contribution is -0.386. The Kier molecular flexibility index (Phi) is 5.18. The maximum absolute atomic E-state index is 12.2. The summed E-state index contributed by atoms with van der Waals surface area (Å²) < 4.78 is 10.6. The summed E-state index contributed by atoms with van der Waals surface area (Å²) in [5, 5.41) is 11.5. The first-order chi connectivity index (χ1) is 11.4. The Balaban J connectivity index is 2.58. The SMILES string of the molecule is COC(=O)C(Oc1c(C)c(C)cc(C)c1[N+](=O)[O-])c1ccccc1. The Labute approximate surface area is 140 Å². The lowest BCUT2D eigenvalue weighted by Gasteiger charge is -2.20. The maximum atomic E-state index is 12.2. The van der Waals surface area contributed by atoms with Gasteiger partial charge in [0.05, 0.1) is 12.0 Å². The van der Waals surface area contributed by atoms with Crippen molar-refractivity contribution in [3.8, 4) is 5.75 Å². The van der Waals surface area contributed by atoms with E-state index in [1.165, 1.54) is 7.11 Å². The van der Waals surface area contributed by atoms with Gasteiger partial charge in [-0.2, -0.15) is 0 Å². The molecule has 0 radical (unpaired) electrons. The van der Waals surface area contributed by atoms with Gasteiger partial charge < -0.3 is 9.47 Å². The van der Waals surface area contributed by atoms with Crippen LogP contribution in [0.25, 0.3) is 0 Å². The lowest BCUT2D eigenvalue weighted by Crippen LogP contribution is -2.21. The summed E-state index contributed by atoms with van der Waals surface area (Å²) in [4.78, 5) is 23.1. The zero-order valence-corrected chi connectivity index (χ0v) is 14.0. The molecule has 2 aromatic carbocycles. The number of hydrogen-bond acceptors (Lipinski definition) is 5. The Morgan fingerprint density at radius 3 is 2.29 bits per heavy atom. The fraction of sp³-hybridized carbons (Fsp3) is 0.278. The van der Waals surface area contributed by atoms with Crippen LogP contribution in [0.15, 0.2) is 36.4 Å². The number of nitrogens with zero attached hydrogens (tertiary/aromatic N) is 1. The standard InChI is InChI=1S/C18H19NO5/c1-11-10-12(2)15(19(21)22)16(13(11)3)24-17(18(20)23-4)14-8-6-5-7-9-14/h5-10,17H,1-4H3. The van der Waals surface area contributed by atoms with Gasteiger partial charge in [0.1, 0.15) is 0 Å². The molecular formula is C18H19NO5. The Hall–Kier alpha value is -2.89. The predicted octanol–water partition coefficient (Wildman–Crippen LogP) is 3.81. The molecule has 0 aliphatic carbocycles. The molecule has 6 heteroatoms. The van der Waals surface area contributed by atoms with Crippen LogP contribution in [0.5, 0.6) is 5.75 Å². The van der Waals surface area contributed by atoms with Crippen molar-refractivity contribution in [1.29, 1.82) is 0 Å². The molecule has 2 rings (SSSR count). The van der Waals surface area contributed by atoms with Gasteiger partial charge >= 0.3 is 11.7 Å². The molecule has 0 amide bonds. The van der Waals surface area contributed by atoms with Crippen LogP contribution < -0.4 is 4.74 Å². The summed E-state index contributed by atoms with van der Waals surface area (Å²) in [6, 6.07) is 10.5.